The van der Waals surface area contributed by atoms with E-state index in [-0.39, 0.29) is 17.6 Å². The molecule has 19 heavy (non-hydrogen) atoms. The molecule has 2 aromatic rings. The lowest BCUT2D eigenvalue weighted by Crippen LogP contribution is -2.20. The number of benzene rings is 1. The van der Waals surface area contributed by atoms with Gasteiger partial charge in [-0.1, -0.05) is 13.8 Å². The Bertz CT molecular complexity index is 593. The highest BCUT2D eigenvalue weighted by Crippen LogP contribution is 2.25. The average Bonchev–Trinajstić information content (AvgIpc) is 2.84. The third-order valence-electron chi connectivity index (χ3n) is 3.00. The van der Waals surface area contributed by atoms with Crippen molar-refractivity contribution in [1.82, 2.24) is 9.55 Å². The normalized spacial score (nSPS) is 13.0. The first-order valence-corrected chi connectivity index (χ1v) is 5.85. The fourth-order valence-electron chi connectivity index (χ4n) is 1.80. The van der Waals surface area contributed by atoms with Gasteiger partial charge in [0.25, 0.3) is 0 Å². The summed E-state index contributed by atoms with van der Waals surface area (Å²) < 4.78 is 41.3. The molecule has 3 nitrogen and oxygen atoms in total. The molecule has 6 heteroatoms. The summed E-state index contributed by atoms with van der Waals surface area (Å²) >= 11 is 0. The van der Waals surface area contributed by atoms with Gasteiger partial charge in [-0.05, 0) is 18.1 Å². The molecule has 0 radical (unpaired) electrons. The molecule has 0 aliphatic heterocycles. The topological polar surface area (TPSA) is 43.8 Å². The molecule has 0 saturated heterocycles. The fourth-order valence-corrected chi connectivity index (χ4v) is 1.80. The van der Waals surface area contributed by atoms with Crippen LogP contribution in [-0.2, 0) is 0 Å². The number of hydrogen-bond donors (Lipinski definition) is 1. The maximum Gasteiger partial charge on any atom is 0.196 e. The smallest absolute Gasteiger partial charge is 0.196 e. The highest BCUT2D eigenvalue weighted by Gasteiger charge is 2.20. The molecule has 2 N–H and O–H groups in total. The van der Waals surface area contributed by atoms with Crippen LogP contribution >= 0.6 is 0 Å². The molecule has 0 aliphatic rings. The van der Waals surface area contributed by atoms with Gasteiger partial charge >= 0.3 is 0 Å². The molecule has 0 spiro atoms. The third kappa shape index (κ3) is 2.35. The van der Waals surface area contributed by atoms with E-state index in [1.807, 2.05) is 13.8 Å². The summed E-state index contributed by atoms with van der Waals surface area (Å²) in [4.78, 5) is 3.90. The Morgan fingerprint density at radius 2 is 1.84 bits per heavy atom. The highest BCUT2D eigenvalue weighted by molar-refractivity contribution is 5.37. The minimum Gasteiger partial charge on any atom is -0.322 e. The van der Waals surface area contributed by atoms with Crippen LogP contribution in [0.5, 0.6) is 0 Å². The van der Waals surface area contributed by atoms with Crippen LogP contribution in [0.1, 0.15) is 25.6 Å². The highest BCUT2D eigenvalue weighted by atomic mass is 19.2. The van der Waals surface area contributed by atoms with Crippen LogP contribution in [0.25, 0.3) is 5.69 Å². The van der Waals surface area contributed by atoms with Gasteiger partial charge in [0, 0.05) is 6.04 Å². The maximum atomic E-state index is 13.8. The summed E-state index contributed by atoms with van der Waals surface area (Å²) in [7, 11) is 0. The summed E-state index contributed by atoms with van der Waals surface area (Å²) in [5.74, 6) is -3.88. The van der Waals surface area contributed by atoms with Crippen molar-refractivity contribution in [3.63, 3.8) is 0 Å². The monoisotopic (exact) mass is 269 g/mol. The van der Waals surface area contributed by atoms with Crippen molar-refractivity contribution in [2.75, 3.05) is 0 Å². The molecule has 1 atom stereocenters. The van der Waals surface area contributed by atoms with Crippen molar-refractivity contribution in [2.24, 2.45) is 11.7 Å². The molecule has 0 aliphatic carbocycles. The quantitative estimate of drug-likeness (QED) is 0.871. The zero-order valence-corrected chi connectivity index (χ0v) is 10.6. The number of hydrogen-bond acceptors (Lipinski definition) is 2. The molecule has 1 heterocycles. The zero-order valence-electron chi connectivity index (χ0n) is 10.6. The van der Waals surface area contributed by atoms with E-state index < -0.39 is 17.5 Å². The molecule has 0 fully saturated rings. The van der Waals surface area contributed by atoms with Gasteiger partial charge in [-0.3, -0.25) is 4.57 Å². The van der Waals surface area contributed by atoms with Gasteiger partial charge in [0.05, 0.1) is 23.9 Å². The minimum atomic E-state index is -1.50. The Balaban J connectivity index is 2.55. The van der Waals surface area contributed by atoms with Gasteiger partial charge in [-0.15, -0.1) is 0 Å². The fraction of sp³-hybridized carbons (Fsp3) is 0.308. The third-order valence-corrected chi connectivity index (χ3v) is 3.00. The van der Waals surface area contributed by atoms with Gasteiger partial charge in [0.2, 0.25) is 0 Å². The molecule has 1 aromatic carbocycles. The van der Waals surface area contributed by atoms with Crippen molar-refractivity contribution in [1.29, 1.82) is 0 Å². The van der Waals surface area contributed by atoms with Crippen molar-refractivity contribution in [2.45, 2.75) is 19.9 Å². The average molecular weight is 269 g/mol. The lowest BCUT2D eigenvalue weighted by atomic mass is 10.0. The van der Waals surface area contributed by atoms with Gasteiger partial charge < -0.3 is 5.73 Å². The largest absolute Gasteiger partial charge is 0.322 e. The molecule has 0 saturated carbocycles. The lowest BCUT2D eigenvalue weighted by Gasteiger charge is -2.18. The van der Waals surface area contributed by atoms with Gasteiger partial charge in [0.1, 0.15) is 0 Å². The van der Waals surface area contributed by atoms with Crippen LogP contribution in [-0.4, -0.2) is 9.55 Å². The first-order valence-electron chi connectivity index (χ1n) is 5.85. The predicted octanol–water partition coefficient (Wildman–Crippen LogP) is 2.95. The Hall–Kier alpha value is -1.82. The molecule has 1 aromatic heterocycles. The SMILES string of the molecule is CC(C)C(N)c1cncn1-c1ccc(F)c(F)c1F. The van der Waals surface area contributed by atoms with Crippen molar-refractivity contribution >= 4 is 0 Å². The van der Waals surface area contributed by atoms with E-state index >= 15 is 0 Å². The number of aromatic nitrogens is 2. The molecule has 0 amide bonds. The van der Waals surface area contributed by atoms with E-state index in [4.69, 9.17) is 5.73 Å². The second-order valence-corrected chi connectivity index (χ2v) is 4.65. The van der Waals surface area contributed by atoms with Crippen LogP contribution in [0.4, 0.5) is 13.2 Å². The van der Waals surface area contributed by atoms with E-state index in [1.165, 1.54) is 17.1 Å². The standard InChI is InChI=1S/C13H14F3N3/c1-7(2)13(17)10-5-18-6-19(10)9-4-3-8(14)11(15)12(9)16/h3-7,13H,17H2,1-2H3. The summed E-state index contributed by atoms with van der Waals surface area (Å²) in [5, 5.41) is 0. The number of imidazole rings is 1. The predicted molar refractivity (Wildman–Crippen MR) is 65.2 cm³/mol. The molecule has 102 valence electrons. The molecular formula is C13H14F3N3. The first kappa shape index (κ1) is 13.6. The molecular weight excluding hydrogens is 255 g/mol. The van der Waals surface area contributed by atoms with Crippen LogP contribution < -0.4 is 5.73 Å². The van der Waals surface area contributed by atoms with Crippen LogP contribution in [0.3, 0.4) is 0 Å². The number of halogens is 3. The number of nitrogens with two attached hydrogens (primary N) is 1. The maximum absolute atomic E-state index is 13.8. The zero-order chi connectivity index (χ0) is 14.2. The van der Waals surface area contributed by atoms with Crippen molar-refractivity contribution in [3.05, 3.63) is 47.8 Å². The summed E-state index contributed by atoms with van der Waals surface area (Å²) in [6.07, 6.45) is 2.82. The molecule has 0 bridgehead atoms. The van der Waals surface area contributed by atoms with Crippen molar-refractivity contribution in [3.8, 4) is 5.69 Å². The summed E-state index contributed by atoms with van der Waals surface area (Å²) in [5.41, 5.74) is 6.42. The van der Waals surface area contributed by atoms with E-state index in [2.05, 4.69) is 4.98 Å². The van der Waals surface area contributed by atoms with E-state index in [0.29, 0.717) is 5.69 Å². The first-order chi connectivity index (χ1) is 8.93. The summed E-state index contributed by atoms with van der Waals surface area (Å²) in [6.45, 7) is 3.81. The Kier molecular flexibility index (Phi) is 3.61. The second-order valence-electron chi connectivity index (χ2n) is 4.65. The minimum absolute atomic E-state index is 0.101. The van der Waals surface area contributed by atoms with Crippen LogP contribution in [0.2, 0.25) is 0 Å². The Morgan fingerprint density at radius 1 is 1.16 bits per heavy atom. The van der Waals surface area contributed by atoms with Crippen LogP contribution in [0.15, 0.2) is 24.7 Å². The van der Waals surface area contributed by atoms with E-state index in [9.17, 15) is 13.2 Å². The Labute approximate surface area is 108 Å². The number of rotatable bonds is 3. The van der Waals surface area contributed by atoms with Crippen molar-refractivity contribution < 1.29 is 13.2 Å². The van der Waals surface area contributed by atoms with E-state index in [0.717, 1.165) is 12.1 Å². The second kappa shape index (κ2) is 5.05. The lowest BCUT2D eigenvalue weighted by molar-refractivity contribution is 0.442. The van der Waals surface area contributed by atoms with Gasteiger partial charge in [0.15, 0.2) is 17.5 Å². The van der Waals surface area contributed by atoms with Gasteiger partial charge in [-0.25, -0.2) is 18.2 Å². The Morgan fingerprint density at radius 3 is 2.47 bits per heavy atom. The molecule has 2 rings (SSSR count). The summed E-state index contributed by atoms with van der Waals surface area (Å²) in [6, 6.07) is 1.65. The van der Waals surface area contributed by atoms with Crippen LogP contribution in [0, 0.1) is 23.4 Å². The van der Waals surface area contributed by atoms with E-state index in [1.54, 1.807) is 0 Å². The molecule has 1 unspecified atom stereocenters. The number of nitrogens with zero attached hydrogens (tertiary/aromatic N) is 2. The van der Waals surface area contributed by atoms with Gasteiger partial charge in [-0.2, -0.15) is 0 Å².